The number of rotatable bonds is 10. The van der Waals surface area contributed by atoms with Crippen molar-refractivity contribution in [2.75, 3.05) is 26.8 Å². The van der Waals surface area contributed by atoms with E-state index in [-0.39, 0.29) is 36.8 Å². The molecule has 6 rings (SSSR count). The Hall–Kier alpha value is -4.66. The zero-order valence-corrected chi connectivity index (χ0v) is 26.6. The van der Waals surface area contributed by atoms with Crippen LogP contribution in [0.2, 0.25) is 0 Å². The van der Waals surface area contributed by atoms with E-state index >= 15 is 0 Å². The number of methoxy groups -OCH3 is 1. The van der Waals surface area contributed by atoms with E-state index in [2.05, 4.69) is 29.6 Å². The lowest BCUT2D eigenvalue weighted by Crippen LogP contribution is -2.64. The molecule has 0 radical (unpaired) electrons. The Morgan fingerprint density at radius 2 is 1.54 bits per heavy atom. The molecular weight excluding hydrogens is 582 g/mol. The lowest BCUT2D eigenvalue weighted by Gasteiger charge is -2.50. The molecule has 3 aromatic rings. The summed E-state index contributed by atoms with van der Waals surface area (Å²) in [5, 5.41) is 3.17. The van der Waals surface area contributed by atoms with E-state index in [0.717, 1.165) is 27.8 Å². The number of benzene rings is 3. The van der Waals surface area contributed by atoms with Crippen molar-refractivity contribution in [1.29, 1.82) is 0 Å². The summed E-state index contributed by atoms with van der Waals surface area (Å²) in [5.41, 5.74) is 5.45. The van der Waals surface area contributed by atoms with E-state index in [9.17, 15) is 19.2 Å². The van der Waals surface area contributed by atoms with E-state index in [1.54, 1.807) is 0 Å². The van der Waals surface area contributed by atoms with Crippen molar-refractivity contribution in [3.63, 3.8) is 0 Å². The van der Waals surface area contributed by atoms with Crippen LogP contribution in [0, 0.1) is 11.8 Å². The van der Waals surface area contributed by atoms with Gasteiger partial charge in [-0.2, -0.15) is 0 Å². The Morgan fingerprint density at radius 1 is 0.913 bits per heavy atom. The highest BCUT2D eigenvalue weighted by Gasteiger charge is 2.53. The number of hydrogen-bond donors (Lipinski definition) is 1. The highest BCUT2D eigenvalue weighted by molar-refractivity contribution is 5.92. The van der Waals surface area contributed by atoms with E-state index in [1.165, 1.54) is 16.9 Å². The topological polar surface area (TPSA) is 105 Å². The van der Waals surface area contributed by atoms with Gasteiger partial charge < -0.3 is 19.7 Å². The molecule has 0 aromatic heterocycles. The van der Waals surface area contributed by atoms with Crippen molar-refractivity contribution in [2.45, 2.75) is 57.2 Å². The van der Waals surface area contributed by atoms with Gasteiger partial charge in [-0.05, 0) is 53.0 Å². The Kier molecular flexibility index (Phi) is 9.10. The number of nitrogens with one attached hydrogen (secondary N) is 1. The number of β-lactam (4-membered cyclic amide) rings is 1. The zero-order valence-electron chi connectivity index (χ0n) is 26.6. The van der Waals surface area contributed by atoms with Gasteiger partial charge >= 0.3 is 12.1 Å². The van der Waals surface area contributed by atoms with Gasteiger partial charge in [0.15, 0.2) is 0 Å². The van der Waals surface area contributed by atoms with Gasteiger partial charge in [0.25, 0.3) is 0 Å². The highest BCUT2D eigenvalue weighted by Crippen LogP contribution is 2.45. The minimum absolute atomic E-state index is 0.0749. The summed E-state index contributed by atoms with van der Waals surface area (Å²) in [5.74, 6) is -1.43. The first-order valence-electron chi connectivity index (χ1n) is 16.1. The number of nitrogens with zero attached hydrogens (tertiary/aromatic N) is 2. The fraction of sp³-hybridized carbons (Fsp3) is 0.405. The fourth-order valence-electron chi connectivity index (χ4n) is 7.40. The molecule has 0 bridgehead atoms. The molecule has 4 atom stereocenters. The van der Waals surface area contributed by atoms with Crippen LogP contribution in [-0.4, -0.2) is 72.6 Å². The molecule has 2 heterocycles. The molecule has 0 unspecified atom stereocenters. The molecule has 9 nitrogen and oxygen atoms in total. The maximum Gasteiger partial charge on any atom is 0.410 e. The fourth-order valence-corrected chi connectivity index (χ4v) is 7.40. The number of amides is 3. The number of carbonyl (C=O) groups is 4. The largest absolute Gasteiger partial charge is 0.468 e. The molecule has 3 amide bonds. The van der Waals surface area contributed by atoms with Crippen LogP contribution in [0.4, 0.5) is 4.79 Å². The van der Waals surface area contributed by atoms with Crippen LogP contribution in [0.15, 0.2) is 78.9 Å². The van der Waals surface area contributed by atoms with Gasteiger partial charge in [-0.25, -0.2) is 4.79 Å². The van der Waals surface area contributed by atoms with Crippen LogP contribution in [-0.2, 0) is 23.9 Å². The summed E-state index contributed by atoms with van der Waals surface area (Å²) in [6.07, 6.45) is 1.25. The molecule has 0 spiro atoms. The lowest BCUT2D eigenvalue weighted by atomic mass is 9.75. The Balaban J connectivity index is 1.16. The monoisotopic (exact) mass is 623 g/mol. The number of fused-ring (bicyclic) bond motifs is 3. The van der Waals surface area contributed by atoms with Gasteiger partial charge in [0, 0.05) is 18.5 Å². The maximum absolute atomic E-state index is 13.9. The standard InChI is InChI=1S/C37H41N3O6/c1-23(2)20-30(33-34(24-12-5-4-6-13-24)40(36(33)43)21-32(41)45-3)38-35(42)31-18-11-19-39(31)37(44)46-22-29-27-16-9-7-14-25(27)26-15-8-10-17-28(26)29/h4-10,12-17,23,29-31,33-34H,11,18-22H2,1-3H3,(H,38,42)/t30-,31-,33+,34+/m0/s1. The first-order chi connectivity index (χ1) is 22.3. The third-order valence-electron chi connectivity index (χ3n) is 9.52. The van der Waals surface area contributed by atoms with Crippen molar-refractivity contribution in [3.05, 3.63) is 95.6 Å². The summed E-state index contributed by atoms with van der Waals surface area (Å²) < 4.78 is 10.8. The second-order valence-electron chi connectivity index (χ2n) is 12.8. The summed E-state index contributed by atoms with van der Waals surface area (Å²) in [4.78, 5) is 56.1. The summed E-state index contributed by atoms with van der Waals surface area (Å²) in [6.45, 7) is 4.53. The summed E-state index contributed by atoms with van der Waals surface area (Å²) in [6, 6.07) is 24.3. The van der Waals surface area contributed by atoms with Gasteiger partial charge in [0.05, 0.1) is 19.1 Å². The van der Waals surface area contributed by atoms with E-state index < -0.39 is 36.1 Å². The molecule has 2 fully saturated rings. The Morgan fingerprint density at radius 3 is 2.17 bits per heavy atom. The van der Waals surface area contributed by atoms with E-state index in [4.69, 9.17) is 9.47 Å². The highest BCUT2D eigenvalue weighted by atomic mass is 16.6. The molecule has 240 valence electrons. The molecule has 3 aromatic carbocycles. The molecule has 1 aliphatic carbocycles. The molecule has 0 saturated carbocycles. The average molecular weight is 624 g/mol. The number of likely N-dealkylation sites (tertiary alicyclic amines) is 2. The second-order valence-corrected chi connectivity index (χ2v) is 12.8. The Labute approximate surface area is 269 Å². The third kappa shape index (κ3) is 5.98. The van der Waals surface area contributed by atoms with Gasteiger partial charge in [0.1, 0.15) is 19.2 Å². The quantitative estimate of drug-likeness (QED) is 0.243. The molecular formula is C37H41N3O6. The van der Waals surface area contributed by atoms with Gasteiger partial charge in [0.2, 0.25) is 11.8 Å². The minimum Gasteiger partial charge on any atom is -0.468 e. The maximum atomic E-state index is 13.9. The summed E-state index contributed by atoms with van der Waals surface area (Å²) >= 11 is 0. The van der Waals surface area contributed by atoms with Crippen molar-refractivity contribution < 1.29 is 28.7 Å². The van der Waals surface area contributed by atoms with Crippen molar-refractivity contribution in [1.82, 2.24) is 15.1 Å². The predicted octanol–water partition coefficient (Wildman–Crippen LogP) is 5.30. The lowest BCUT2D eigenvalue weighted by molar-refractivity contribution is -0.167. The van der Waals surface area contributed by atoms with Crippen LogP contribution in [0.1, 0.15) is 61.8 Å². The molecule has 3 aliphatic rings. The van der Waals surface area contributed by atoms with Crippen molar-refractivity contribution in [3.8, 4) is 11.1 Å². The predicted molar refractivity (Wildman–Crippen MR) is 173 cm³/mol. The smallest absolute Gasteiger partial charge is 0.410 e. The van der Waals surface area contributed by atoms with E-state index in [0.29, 0.717) is 25.8 Å². The molecule has 9 heteroatoms. The Bertz CT molecular complexity index is 1560. The average Bonchev–Trinajstić information content (AvgIpc) is 3.68. The van der Waals surface area contributed by atoms with Gasteiger partial charge in [-0.1, -0.05) is 92.7 Å². The van der Waals surface area contributed by atoms with E-state index in [1.807, 2.05) is 68.4 Å². The third-order valence-corrected chi connectivity index (χ3v) is 9.52. The van der Waals surface area contributed by atoms with Crippen LogP contribution in [0.3, 0.4) is 0 Å². The first-order valence-corrected chi connectivity index (χ1v) is 16.1. The molecule has 46 heavy (non-hydrogen) atoms. The number of esters is 1. The summed E-state index contributed by atoms with van der Waals surface area (Å²) in [7, 11) is 1.30. The van der Waals surface area contributed by atoms with Crippen LogP contribution >= 0.6 is 0 Å². The van der Waals surface area contributed by atoms with Crippen molar-refractivity contribution in [2.24, 2.45) is 11.8 Å². The minimum atomic E-state index is -0.693. The normalized spacial score (nSPS) is 21.0. The molecule has 1 N–H and O–H groups in total. The van der Waals surface area contributed by atoms with Crippen molar-refractivity contribution >= 4 is 23.9 Å². The van der Waals surface area contributed by atoms with Crippen LogP contribution < -0.4 is 5.32 Å². The molecule has 2 aliphatic heterocycles. The van der Waals surface area contributed by atoms with Gasteiger partial charge in [-0.3, -0.25) is 19.3 Å². The SMILES string of the molecule is COC(=O)CN1C(=O)[C@H]([C@H](CC(C)C)NC(=O)[C@@H]2CCCN2C(=O)OCC2c3ccccc3-c3ccccc32)[C@H]1c1ccccc1. The second kappa shape index (κ2) is 13.4. The molecule has 2 saturated heterocycles. The number of ether oxygens (including phenoxy) is 2. The van der Waals surface area contributed by atoms with Crippen LogP contribution in [0.25, 0.3) is 11.1 Å². The zero-order chi connectivity index (χ0) is 32.4. The van der Waals surface area contributed by atoms with Crippen LogP contribution in [0.5, 0.6) is 0 Å². The first kappa shape index (κ1) is 31.3. The number of hydrogen-bond acceptors (Lipinski definition) is 6. The van der Waals surface area contributed by atoms with Gasteiger partial charge in [-0.15, -0.1) is 0 Å². The number of carbonyl (C=O) groups excluding carboxylic acids is 4.